The van der Waals surface area contributed by atoms with E-state index in [1.54, 1.807) is 45.0 Å². The molecule has 0 heterocycles. The molecule has 0 fully saturated rings. The van der Waals surface area contributed by atoms with Gasteiger partial charge in [-0.15, -0.1) is 0 Å². The van der Waals surface area contributed by atoms with Gasteiger partial charge in [-0.05, 0) is 11.6 Å². The van der Waals surface area contributed by atoms with Gasteiger partial charge in [-0.3, -0.25) is 4.79 Å². The fourth-order valence-corrected chi connectivity index (χ4v) is 1.98. The number of carbonyl (C=O) groups excluding carboxylic acids is 1. The average Bonchev–Trinajstić information content (AvgIpc) is 2.28. The van der Waals surface area contributed by atoms with Crippen molar-refractivity contribution in [3.8, 4) is 0 Å². The third-order valence-corrected chi connectivity index (χ3v) is 3.10. The Kier molecular flexibility index (Phi) is 4.95. The molecule has 0 aliphatic carbocycles. The summed E-state index contributed by atoms with van der Waals surface area (Å²) >= 11 is 6.04. The van der Waals surface area contributed by atoms with Crippen LogP contribution in [0.1, 0.15) is 26.3 Å². The van der Waals surface area contributed by atoms with Crippen LogP contribution in [0.2, 0.25) is 5.02 Å². The second kappa shape index (κ2) is 6.06. The molecule has 0 aliphatic rings. The predicted molar refractivity (Wildman–Crippen MR) is 74.6 cm³/mol. The smallest absolute Gasteiger partial charge is 0.405 e. The lowest BCUT2D eigenvalue weighted by Gasteiger charge is -2.24. The zero-order valence-electron chi connectivity index (χ0n) is 11.2. The minimum Gasteiger partial charge on any atom is -0.465 e. The number of carboxylic acid groups (broad SMARTS) is 1. The standard InChI is InChI=1S/C14H18ClNO3/c1-14(2,3)12(17)11(16-13(18)19)8-9-6-4-5-7-10(9)15/h4-7,11,16H,8H2,1-3H3,(H,18,19)/t11-/m0/s1. The van der Waals surface area contributed by atoms with Crippen molar-refractivity contribution in [3.63, 3.8) is 0 Å². The Labute approximate surface area is 117 Å². The van der Waals surface area contributed by atoms with Crippen molar-refractivity contribution in [1.29, 1.82) is 0 Å². The van der Waals surface area contributed by atoms with Crippen molar-refractivity contribution in [2.45, 2.75) is 33.2 Å². The van der Waals surface area contributed by atoms with Crippen molar-refractivity contribution in [2.75, 3.05) is 0 Å². The largest absolute Gasteiger partial charge is 0.465 e. The minimum absolute atomic E-state index is 0.158. The first kappa shape index (κ1) is 15.5. The SMILES string of the molecule is CC(C)(C)C(=O)[C@H](Cc1ccccc1Cl)NC(=O)O. The second-order valence-electron chi connectivity index (χ2n) is 5.41. The number of nitrogens with one attached hydrogen (secondary N) is 1. The number of benzene rings is 1. The van der Waals surface area contributed by atoms with Crippen LogP contribution in [0.25, 0.3) is 0 Å². The van der Waals surface area contributed by atoms with Crippen LogP contribution in [0.15, 0.2) is 24.3 Å². The van der Waals surface area contributed by atoms with Crippen LogP contribution in [0.3, 0.4) is 0 Å². The van der Waals surface area contributed by atoms with Gasteiger partial charge in [0.15, 0.2) is 5.78 Å². The fourth-order valence-electron chi connectivity index (χ4n) is 1.76. The summed E-state index contributed by atoms with van der Waals surface area (Å²) in [6, 6.07) is 6.31. The van der Waals surface area contributed by atoms with E-state index in [-0.39, 0.29) is 12.2 Å². The van der Waals surface area contributed by atoms with Gasteiger partial charge in [0.1, 0.15) is 0 Å². The summed E-state index contributed by atoms with van der Waals surface area (Å²) in [4.78, 5) is 23.1. The number of halogens is 1. The highest BCUT2D eigenvalue weighted by Crippen LogP contribution is 2.22. The van der Waals surface area contributed by atoms with Crippen LogP contribution in [-0.4, -0.2) is 23.0 Å². The molecule has 0 bridgehead atoms. The lowest BCUT2D eigenvalue weighted by Crippen LogP contribution is -2.46. The normalized spacial score (nSPS) is 12.8. The maximum atomic E-state index is 12.2. The molecule has 0 spiro atoms. The van der Waals surface area contributed by atoms with E-state index in [9.17, 15) is 9.59 Å². The van der Waals surface area contributed by atoms with Crippen LogP contribution < -0.4 is 5.32 Å². The van der Waals surface area contributed by atoms with Gasteiger partial charge < -0.3 is 10.4 Å². The lowest BCUT2D eigenvalue weighted by atomic mass is 9.84. The topological polar surface area (TPSA) is 66.4 Å². The molecule has 1 aromatic carbocycles. The first-order valence-corrected chi connectivity index (χ1v) is 6.37. The molecule has 104 valence electrons. The minimum atomic E-state index is -1.21. The quantitative estimate of drug-likeness (QED) is 0.892. The van der Waals surface area contributed by atoms with Gasteiger partial charge in [-0.1, -0.05) is 50.6 Å². The van der Waals surface area contributed by atoms with Crippen molar-refractivity contribution in [3.05, 3.63) is 34.9 Å². The molecule has 19 heavy (non-hydrogen) atoms. The van der Waals surface area contributed by atoms with Crippen molar-refractivity contribution < 1.29 is 14.7 Å². The summed E-state index contributed by atoms with van der Waals surface area (Å²) in [5, 5.41) is 11.6. The number of Topliss-reactive ketones (excluding diaryl/α,β-unsaturated/α-hetero) is 1. The Morgan fingerprint density at radius 2 is 1.89 bits per heavy atom. The number of hydrogen-bond acceptors (Lipinski definition) is 2. The fraction of sp³-hybridized carbons (Fsp3) is 0.429. The van der Waals surface area contributed by atoms with E-state index in [0.29, 0.717) is 5.02 Å². The molecule has 1 amide bonds. The van der Waals surface area contributed by atoms with E-state index in [1.807, 2.05) is 0 Å². The first-order chi connectivity index (χ1) is 8.71. The summed E-state index contributed by atoms with van der Waals surface area (Å²) in [6.45, 7) is 5.29. The molecular weight excluding hydrogens is 266 g/mol. The number of amides is 1. The van der Waals surface area contributed by atoms with Crippen LogP contribution in [0.4, 0.5) is 4.79 Å². The van der Waals surface area contributed by atoms with Crippen molar-refractivity contribution in [2.24, 2.45) is 5.41 Å². The summed E-state index contributed by atoms with van der Waals surface area (Å²) in [6.07, 6.45) is -0.961. The van der Waals surface area contributed by atoms with Crippen molar-refractivity contribution in [1.82, 2.24) is 5.32 Å². The van der Waals surface area contributed by atoms with E-state index in [0.717, 1.165) is 5.56 Å². The van der Waals surface area contributed by atoms with Gasteiger partial charge in [0.2, 0.25) is 0 Å². The number of ketones is 1. The van der Waals surface area contributed by atoms with Gasteiger partial charge >= 0.3 is 6.09 Å². The van der Waals surface area contributed by atoms with Crippen molar-refractivity contribution >= 4 is 23.5 Å². The Morgan fingerprint density at radius 3 is 2.37 bits per heavy atom. The van der Waals surface area contributed by atoms with Gasteiger partial charge in [-0.2, -0.15) is 0 Å². The van der Waals surface area contributed by atoms with E-state index < -0.39 is 17.6 Å². The van der Waals surface area contributed by atoms with Crippen LogP contribution >= 0.6 is 11.6 Å². The molecule has 1 aromatic rings. The third-order valence-electron chi connectivity index (χ3n) is 2.74. The zero-order valence-corrected chi connectivity index (χ0v) is 12.0. The Balaban J connectivity index is 2.96. The Bertz CT molecular complexity index is 480. The maximum Gasteiger partial charge on any atom is 0.405 e. The second-order valence-corrected chi connectivity index (χ2v) is 5.82. The molecule has 1 rings (SSSR count). The maximum absolute atomic E-state index is 12.2. The first-order valence-electron chi connectivity index (χ1n) is 5.99. The molecule has 4 nitrogen and oxygen atoms in total. The summed E-state index contributed by atoms with van der Waals surface area (Å²) in [5.41, 5.74) is 0.134. The molecule has 0 saturated carbocycles. The van der Waals surface area contributed by atoms with E-state index in [4.69, 9.17) is 16.7 Å². The molecule has 0 aliphatic heterocycles. The summed E-state index contributed by atoms with van der Waals surface area (Å²) in [5.74, 6) is -0.158. The van der Waals surface area contributed by atoms with E-state index >= 15 is 0 Å². The molecule has 0 radical (unpaired) electrons. The number of carbonyl (C=O) groups is 2. The molecule has 5 heteroatoms. The Hall–Kier alpha value is -1.55. The van der Waals surface area contributed by atoms with Crippen LogP contribution in [0.5, 0.6) is 0 Å². The predicted octanol–water partition coefficient (Wildman–Crippen LogP) is 3.13. The average molecular weight is 284 g/mol. The van der Waals surface area contributed by atoms with Gasteiger partial charge in [0.05, 0.1) is 6.04 Å². The zero-order chi connectivity index (χ0) is 14.6. The molecular formula is C14H18ClNO3. The number of rotatable bonds is 4. The van der Waals surface area contributed by atoms with E-state index in [1.165, 1.54) is 0 Å². The van der Waals surface area contributed by atoms with Crippen LogP contribution in [-0.2, 0) is 11.2 Å². The van der Waals surface area contributed by atoms with Gasteiger partial charge in [0, 0.05) is 16.9 Å². The van der Waals surface area contributed by atoms with Gasteiger partial charge in [-0.25, -0.2) is 4.79 Å². The molecule has 0 saturated heterocycles. The molecule has 2 N–H and O–H groups in total. The van der Waals surface area contributed by atoms with Gasteiger partial charge in [0.25, 0.3) is 0 Å². The monoisotopic (exact) mass is 283 g/mol. The van der Waals surface area contributed by atoms with E-state index in [2.05, 4.69) is 5.32 Å². The number of hydrogen-bond donors (Lipinski definition) is 2. The molecule has 1 atom stereocenters. The molecule has 0 unspecified atom stereocenters. The highest BCUT2D eigenvalue weighted by atomic mass is 35.5. The third kappa shape index (κ3) is 4.56. The van der Waals surface area contributed by atoms with Crippen LogP contribution in [0, 0.1) is 5.41 Å². The highest BCUT2D eigenvalue weighted by molar-refractivity contribution is 6.31. The molecule has 0 aromatic heterocycles. The summed E-state index contributed by atoms with van der Waals surface area (Å²) < 4.78 is 0. The summed E-state index contributed by atoms with van der Waals surface area (Å²) in [7, 11) is 0. The highest BCUT2D eigenvalue weighted by Gasteiger charge is 2.31. The lowest BCUT2D eigenvalue weighted by molar-refractivity contribution is -0.128. The Morgan fingerprint density at radius 1 is 1.32 bits per heavy atom.